The molecule has 0 aliphatic rings. The second-order valence-electron chi connectivity index (χ2n) is 6.70. The summed E-state index contributed by atoms with van der Waals surface area (Å²) in [4.78, 5) is 4.40. The Kier molecular flexibility index (Phi) is 6.36. The van der Waals surface area contributed by atoms with Crippen LogP contribution < -0.4 is 10.0 Å². The zero-order valence-corrected chi connectivity index (χ0v) is 17.8. The molecule has 0 aliphatic carbocycles. The Hall–Kier alpha value is -3.00. The van der Waals surface area contributed by atoms with E-state index in [2.05, 4.69) is 15.0 Å². The molecule has 0 saturated carbocycles. The van der Waals surface area contributed by atoms with Crippen LogP contribution in [-0.2, 0) is 10.0 Å². The van der Waals surface area contributed by atoms with Crippen LogP contribution in [0.25, 0.3) is 11.3 Å². The SMILES string of the molecule is CC(C)S(=O)(=O)Nc1cc(F)ccc1C(O)Nc1nc(-c2ccc(C#N)cc2)cs1. The number of nitrogens with zero attached hydrogens (tertiary/aromatic N) is 2. The smallest absolute Gasteiger partial charge is 0.235 e. The molecule has 1 aromatic heterocycles. The Morgan fingerprint density at radius 1 is 1.20 bits per heavy atom. The third kappa shape index (κ3) is 4.94. The zero-order valence-electron chi connectivity index (χ0n) is 16.1. The maximum absolute atomic E-state index is 13.7. The lowest BCUT2D eigenvalue weighted by Gasteiger charge is -2.18. The summed E-state index contributed by atoms with van der Waals surface area (Å²) in [5, 5.41) is 23.7. The number of benzene rings is 2. The third-order valence-corrected chi connectivity index (χ3v) is 6.78. The quantitative estimate of drug-likeness (QED) is 0.471. The van der Waals surface area contributed by atoms with Gasteiger partial charge in [-0.2, -0.15) is 5.26 Å². The Bertz CT molecular complexity index is 1190. The number of aliphatic hydroxyl groups is 1. The van der Waals surface area contributed by atoms with Gasteiger partial charge in [0.1, 0.15) is 5.82 Å². The molecule has 0 fully saturated rings. The topological polar surface area (TPSA) is 115 Å². The van der Waals surface area contributed by atoms with Crippen molar-refractivity contribution in [3.05, 3.63) is 64.8 Å². The molecular weight excluding hydrogens is 427 g/mol. The van der Waals surface area contributed by atoms with Crippen LogP contribution in [0, 0.1) is 17.1 Å². The van der Waals surface area contributed by atoms with Crippen molar-refractivity contribution in [3.63, 3.8) is 0 Å². The molecule has 7 nitrogen and oxygen atoms in total. The molecule has 0 radical (unpaired) electrons. The van der Waals surface area contributed by atoms with Gasteiger partial charge in [0, 0.05) is 16.5 Å². The lowest BCUT2D eigenvalue weighted by Crippen LogP contribution is -2.24. The van der Waals surface area contributed by atoms with Crippen molar-refractivity contribution in [2.75, 3.05) is 10.0 Å². The maximum Gasteiger partial charge on any atom is 0.235 e. The first-order valence-corrected chi connectivity index (χ1v) is 11.3. The van der Waals surface area contributed by atoms with Gasteiger partial charge in [0.2, 0.25) is 10.0 Å². The van der Waals surface area contributed by atoms with Gasteiger partial charge in [-0.15, -0.1) is 11.3 Å². The number of halogens is 1. The van der Waals surface area contributed by atoms with Crippen LogP contribution in [0.4, 0.5) is 15.2 Å². The summed E-state index contributed by atoms with van der Waals surface area (Å²) in [5.74, 6) is -0.634. The summed E-state index contributed by atoms with van der Waals surface area (Å²) in [5.41, 5.74) is 2.11. The van der Waals surface area contributed by atoms with E-state index in [-0.39, 0.29) is 11.3 Å². The number of anilines is 2. The Morgan fingerprint density at radius 2 is 1.90 bits per heavy atom. The summed E-state index contributed by atoms with van der Waals surface area (Å²) in [6, 6.07) is 12.4. The molecule has 3 N–H and O–H groups in total. The van der Waals surface area contributed by atoms with E-state index in [0.29, 0.717) is 16.4 Å². The predicted octanol–water partition coefficient (Wildman–Crippen LogP) is 4.07. The van der Waals surface area contributed by atoms with E-state index in [1.165, 1.54) is 31.3 Å². The molecular formula is C20H19FN4O3S2. The molecule has 3 rings (SSSR count). The van der Waals surface area contributed by atoms with E-state index in [1.54, 1.807) is 29.6 Å². The summed E-state index contributed by atoms with van der Waals surface area (Å²) in [7, 11) is -3.73. The molecule has 2 aromatic carbocycles. The van der Waals surface area contributed by atoms with Crippen molar-refractivity contribution < 1.29 is 17.9 Å². The maximum atomic E-state index is 13.7. The number of aromatic nitrogens is 1. The van der Waals surface area contributed by atoms with Crippen molar-refractivity contribution in [1.29, 1.82) is 5.26 Å². The van der Waals surface area contributed by atoms with Crippen molar-refractivity contribution in [3.8, 4) is 17.3 Å². The first kappa shape index (κ1) is 21.7. The molecule has 1 unspecified atom stereocenters. The highest BCUT2D eigenvalue weighted by Gasteiger charge is 2.21. The molecule has 0 aliphatic heterocycles. The second kappa shape index (κ2) is 8.79. The predicted molar refractivity (Wildman–Crippen MR) is 115 cm³/mol. The number of rotatable bonds is 7. The van der Waals surface area contributed by atoms with E-state index >= 15 is 0 Å². The summed E-state index contributed by atoms with van der Waals surface area (Å²) in [6.45, 7) is 2.99. The molecule has 0 amide bonds. The van der Waals surface area contributed by atoms with E-state index in [4.69, 9.17) is 5.26 Å². The molecule has 0 saturated heterocycles. The number of nitriles is 1. The van der Waals surface area contributed by atoms with Gasteiger partial charge < -0.3 is 10.4 Å². The van der Waals surface area contributed by atoms with Crippen molar-refractivity contribution in [1.82, 2.24) is 4.98 Å². The van der Waals surface area contributed by atoms with Gasteiger partial charge in [-0.1, -0.05) is 12.1 Å². The highest BCUT2D eigenvalue weighted by Crippen LogP contribution is 2.30. The average molecular weight is 447 g/mol. The minimum absolute atomic E-state index is 0.0485. The first-order chi connectivity index (χ1) is 14.2. The Balaban J connectivity index is 1.82. The normalized spacial score (nSPS) is 12.4. The molecule has 0 bridgehead atoms. The number of thiazole rings is 1. The molecule has 30 heavy (non-hydrogen) atoms. The van der Waals surface area contributed by atoms with Crippen LogP contribution in [0.3, 0.4) is 0 Å². The van der Waals surface area contributed by atoms with Crippen molar-refractivity contribution in [2.24, 2.45) is 0 Å². The van der Waals surface area contributed by atoms with Crippen molar-refractivity contribution in [2.45, 2.75) is 25.3 Å². The third-order valence-electron chi connectivity index (χ3n) is 4.26. The summed E-state index contributed by atoms with van der Waals surface area (Å²) >= 11 is 1.24. The van der Waals surface area contributed by atoms with Crippen LogP contribution in [0.15, 0.2) is 47.8 Å². The monoisotopic (exact) mass is 446 g/mol. The van der Waals surface area contributed by atoms with Gasteiger partial charge in [-0.05, 0) is 44.2 Å². The Labute approximate surface area is 177 Å². The molecule has 0 spiro atoms. The largest absolute Gasteiger partial charge is 0.369 e. The van der Waals surface area contributed by atoms with Crippen LogP contribution in [0.5, 0.6) is 0 Å². The fourth-order valence-corrected chi connectivity index (χ4v) is 3.97. The summed E-state index contributed by atoms with van der Waals surface area (Å²) in [6.07, 6.45) is -1.32. The van der Waals surface area contributed by atoms with Gasteiger partial charge in [0.05, 0.1) is 28.3 Å². The number of hydrogen-bond acceptors (Lipinski definition) is 7. The minimum atomic E-state index is -3.73. The fourth-order valence-electron chi connectivity index (χ4n) is 2.51. The van der Waals surface area contributed by atoms with Gasteiger partial charge in [-0.25, -0.2) is 17.8 Å². The van der Waals surface area contributed by atoms with Gasteiger partial charge in [0.15, 0.2) is 11.4 Å². The highest BCUT2D eigenvalue weighted by atomic mass is 32.2. The molecule has 1 atom stereocenters. The number of nitrogens with one attached hydrogen (secondary N) is 2. The van der Waals surface area contributed by atoms with E-state index < -0.39 is 27.3 Å². The van der Waals surface area contributed by atoms with Crippen LogP contribution in [0.2, 0.25) is 0 Å². The van der Waals surface area contributed by atoms with Gasteiger partial charge in [0.25, 0.3) is 0 Å². The molecule has 1 heterocycles. The lowest BCUT2D eigenvalue weighted by atomic mass is 10.1. The average Bonchev–Trinajstić information content (AvgIpc) is 3.16. The van der Waals surface area contributed by atoms with Gasteiger partial charge >= 0.3 is 0 Å². The van der Waals surface area contributed by atoms with Crippen LogP contribution in [-0.4, -0.2) is 23.8 Å². The van der Waals surface area contributed by atoms with Crippen LogP contribution in [0.1, 0.15) is 31.2 Å². The minimum Gasteiger partial charge on any atom is -0.369 e. The second-order valence-corrected chi connectivity index (χ2v) is 9.80. The molecule has 156 valence electrons. The summed E-state index contributed by atoms with van der Waals surface area (Å²) < 4.78 is 40.4. The van der Waals surface area contributed by atoms with E-state index in [1.807, 2.05) is 6.07 Å². The molecule has 10 heteroatoms. The number of aliphatic hydroxyl groups excluding tert-OH is 1. The number of hydrogen-bond donors (Lipinski definition) is 3. The molecule has 3 aromatic rings. The number of sulfonamides is 1. The van der Waals surface area contributed by atoms with E-state index in [9.17, 15) is 17.9 Å². The first-order valence-electron chi connectivity index (χ1n) is 8.91. The van der Waals surface area contributed by atoms with Crippen molar-refractivity contribution >= 4 is 32.2 Å². The highest BCUT2D eigenvalue weighted by molar-refractivity contribution is 7.93. The van der Waals surface area contributed by atoms with Crippen LogP contribution >= 0.6 is 11.3 Å². The Morgan fingerprint density at radius 3 is 2.53 bits per heavy atom. The van der Waals surface area contributed by atoms with E-state index in [0.717, 1.165) is 17.7 Å². The zero-order chi connectivity index (χ0) is 21.9. The standard InChI is InChI=1S/C20H19FN4O3S2/c1-12(2)30(27,28)25-17-9-15(21)7-8-16(17)19(26)24-20-23-18(11-29-20)14-5-3-13(10-22)4-6-14/h3-9,11-12,19,25-26H,1-2H3,(H,23,24). The van der Waals surface area contributed by atoms with Gasteiger partial charge in [-0.3, -0.25) is 4.72 Å². The lowest BCUT2D eigenvalue weighted by molar-refractivity contribution is 0.209. The fraction of sp³-hybridized carbons (Fsp3) is 0.200.